The van der Waals surface area contributed by atoms with Crippen molar-refractivity contribution < 1.29 is 4.79 Å². The van der Waals surface area contributed by atoms with Crippen molar-refractivity contribution in [2.45, 2.75) is 15.9 Å². The van der Waals surface area contributed by atoms with Gasteiger partial charge in [-0.25, -0.2) is 0 Å². The Morgan fingerprint density at radius 2 is 2.29 bits per heavy atom. The van der Waals surface area contributed by atoms with Gasteiger partial charge in [-0.2, -0.15) is 4.68 Å². The molecule has 21 heavy (non-hydrogen) atoms. The summed E-state index contributed by atoms with van der Waals surface area (Å²) in [5, 5.41) is 14.9. The molecule has 0 spiro atoms. The van der Waals surface area contributed by atoms with Crippen LogP contribution < -0.4 is 5.32 Å². The third kappa shape index (κ3) is 3.00. The van der Waals surface area contributed by atoms with Crippen LogP contribution in [0.15, 0.2) is 29.4 Å². The highest BCUT2D eigenvalue weighted by Crippen LogP contribution is 2.53. The van der Waals surface area contributed by atoms with Crippen LogP contribution in [0.4, 0.5) is 5.69 Å². The molecule has 0 saturated heterocycles. The largest absolute Gasteiger partial charge is 0.326 e. The summed E-state index contributed by atoms with van der Waals surface area (Å²) in [4.78, 5) is 12.0. The molecule has 3 rings (SSSR count). The van der Waals surface area contributed by atoms with Gasteiger partial charge in [0.15, 0.2) is 0 Å². The van der Waals surface area contributed by atoms with Crippen LogP contribution in [0, 0.1) is 5.92 Å². The first-order chi connectivity index (χ1) is 10.0. The molecule has 1 heterocycles. The molecule has 1 aliphatic rings. The molecule has 1 amide bonds. The van der Waals surface area contributed by atoms with Crippen LogP contribution in [0.2, 0.25) is 0 Å². The van der Waals surface area contributed by atoms with Crippen LogP contribution in [-0.4, -0.2) is 36.7 Å². The minimum Gasteiger partial charge on any atom is -0.326 e. The zero-order valence-electron chi connectivity index (χ0n) is 11.0. The number of benzene rings is 1. The van der Waals surface area contributed by atoms with Crippen molar-refractivity contribution in [2.75, 3.05) is 11.6 Å². The monoisotopic (exact) mass is 343 g/mol. The van der Waals surface area contributed by atoms with Crippen molar-refractivity contribution in [3.05, 3.63) is 24.3 Å². The summed E-state index contributed by atoms with van der Waals surface area (Å²) >= 11 is 13.2. The third-order valence-electron chi connectivity index (χ3n) is 3.12. The summed E-state index contributed by atoms with van der Waals surface area (Å²) in [6, 6.07) is 7.26. The number of hydrogen-bond donors (Lipinski definition) is 1. The number of nitrogens with one attached hydrogen (secondary N) is 1. The molecule has 0 radical (unpaired) electrons. The molecule has 2 aromatic rings. The maximum Gasteiger partial charge on any atom is 0.230 e. The Kier molecular flexibility index (Phi) is 3.81. The maximum absolute atomic E-state index is 12.0. The number of carbonyl (C=O) groups excluding carboxylic acids is 1. The van der Waals surface area contributed by atoms with Crippen molar-refractivity contribution in [3.63, 3.8) is 0 Å². The van der Waals surface area contributed by atoms with Crippen LogP contribution >= 0.6 is 35.0 Å². The van der Waals surface area contributed by atoms with Gasteiger partial charge in [0, 0.05) is 5.69 Å². The zero-order chi connectivity index (χ0) is 15.0. The lowest BCUT2D eigenvalue weighted by Crippen LogP contribution is -2.17. The second-order valence-corrected chi connectivity index (χ2v) is 6.95. The molecule has 1 unspecified atom stereocenters. The number of hydrogen-bond acceptors (Lipinski definition) is 5. The second-order valence-electron chi connectivity index (χ2n) is 4.63. The smallest absolute Gasteiger partial charge is 0.230 e. The van der Waals surface area contributed by atoms with Crippen molar-refractivity contribution in [1.29, 1.82) is 0 Å². The molecule has 6 nitrogen and oxygen atoms in total. The van der Waals surface area contributed by atoms with Gasteiger partial charge < -0.3 is 5.32 Å². The van der Waals surface area contributed by atoms with Crippen molar-refractivity contribution >= 4 is 46.6 Å². The van der Waals surface area contributed by atoms with Crippen LogP contribution in [0.25, 0.3) is 5.69 Å². The highest BCUT2D eigenvalue weighted by atomic mass is 35.5. The van der Waals surface area contributed by atoms with Gasteiger partial charge >= 0.3 is 0 Å². The number of anilines is 1. The summed E-state index contributed by atoms with van der Waals surface area (Å²) in [7, 11) is 0. The summed E-state index contributed by atoms with van der Waals surface area (Å²) in [5.41, 5.74) is 1.41. The lowest BCUT2D eigenvalue weighted by molar-refractivity contribution is -0.117. The fourth-order valence-corrected chi connectivity index (χ4v) is 2.85. The average molecular weight is 344 g/mol. The van der Waals surface area contributed by atoms with E-state index in [0.717, 1.165) is 5.69 Å². The highest BCUT2D eigenvalue weighted by Gasteiger charge is 2.56. The van der Waals surface area contributed by atoms with Gasteiger partial charge in [-0.3, -0.25) is 4.79 Å². The van der Waals surface area contributed by atoms with Gasteiger partial charge in [-0.05, 0) is 41.3 Å². The second kappa shape index (κ2) is 5.47. The first kappa shape index (κ1) is 14.6. The molecule has 1 aliphatic carbocycles. The van der Waals surface area contributed by atoms with E-state index >= 15 is 0 Å². The molecule has 1 atom stereocenters. The molecular weight excluding hydrogens is 333 g/mol. The predicted octanol–water partition coefficient (Wildman–Crippen LogP) is 2.52. The summed E-state index contributed by atoms with van der Waals surface area (Å²) < 4.78 is 0.675. The highest BCUT2D eigenvalue weighted by molar-refractivity contribution is 7.98. The molecule has 0 bridgehead atoms. The van der Waals surface area contributed by atoms with E-state index in [1.807, 2.05) is 18.4 Å². The van der Waals surface area contributed by atoms with E-state index in [1.165, 1.54) is 11.8 Å². The molecule has 1 saturated carbocycles. The normalized spacial score (nSPS) is 19.3. The fourth-order valence-electron chi connectivity index (χ4n) is 1.91. The van der Waals surface area contributed by atoms with E-state index in [4.69, 9.17) is 23.2 Å². The first-order valence-corrected chi connectivity index (χ1v) is 8.11. The van der Waals surface area contributed by atoms with E-state index in [1.54, 1.807) is 16.8 Å². The van der Waals surface area contributed by atoms with E-state index in [0.29, 0.717) is 17.3 Å². The number of alkyl halides is 2. The first-order valence-electron chi connectivity index (χ1n) is 6.13. The summed E-state index contributed by atoms with van der Waals surface area (Å²) in [5.74, 6) is -0.543. The third-order valence-corrected chi connectivity index (χ3v) is 4.58. The van der Waals surface area contributed by atoms with Crippen molar-refractivity contribution in [3.8, 4) is 5.69 Å². The number of halogens is 2. The van der Waals surface area contributed by atoms with Crippen LogP contribution in [0.5, 0.6) is 0 Å². The van der Waals surface area contributed by atoms with Crippen LogP contribution in [0.1, 0.15) is 6.42 Å². The molecule has 110 valence electrons. The lowest BCUT2D eigenvalue weighted by atomic mass is 10.2. The Morgan fingerprint density at radius 3 is 2.95 bits per heavy atom. The van der Waals surface area contributed by atoms with Crippen LogP contribution in [0.3, 0.4) is 0 Å². The molecule has 1 aromatic carbocycles. The van der Waals surface area contributed by atoms with E-state index < -0.39 is 4.33 Å². The molecule has 0 aliphatic heterocycles. The summed E-state index contributed by atoms with van der Waals surface area (Å²) in [6.45, 7) is 0. The number of tetrazole rings is 1. The minimum absolute atomic E-state index is 0.182. The average Bonchev–Trinajstić information content (AvgIpc) is 2.89. The van der Waals surface area contributed by atoms with Gasteiger partial charge in [-0.15, -0.1) is 28.3 Å². The number of carbonyl (C=O) groups is 1. The Balaban J connectivity index is 1.79. The van der Waals surface area contributed by atoms with Crippen molar-refractivity contribution in [1.82, 2.24) is 20.2 Å². The lowest BCUT2D eigenvalue weighted by Gasteiger charge is -2.08. The number of nitrogens with zero attached hydrogens (tertiary/aromatic N) is 4. The number of amides is 1. The van der Waals surface area contributed by atoms with E-state index in [9.17, 15) is 4.79 Å². The number of thioether (sulfide) groups is 1. The predicted molar refractivity (Wildman–Crippen MR) is 82.1 cm³/mol. The SMILES string of the molecule is CSc1nnnn1-c1cccc(NC(=O)C2CC2(Cl)Cl)c1. The molecule has 1 N–H and O–H groups in total. The van der Waals surface area contributed by atoms with Gasteiger partial charge in [0.2, 0.25) is 11.1 Å². The standard InChI is InChI=1S/C12H11Cl2N5OS/c1-21-11-16-17-18-19(11)8-4-2-3-7(5-8)15-10(20)9-6-12(9,13)14/h2-5,9H,6H2,1H3,(H,15,20). The Morgan fingerprint density at radius 1 is 1.52 bits per heavy atom. The molecule has 1 aromatic heterocycles. The quantitative estimate of drug-likeness (QED) is 0.682. The minimum atomic E-state index is -0.927. The van der Waals surface area contributed by atoms with Gasteiger partial charge in [0.25, 0.3) is 0 Å². The topological polar surface area (TPSA) is 72.7 Å². The Hall–Kier alpha value is -1.31. The van der Waals surface area contributed by atoms with E-state index in [2.05, 4.69) is 20.8 Å². The van der Waals surface area contributed by atoms with Crippen LogP contribution in [-0.2, 0) is 4.79 Å². The van der Waals surface area contributed by atoms with Crippen molar-refractivity contribution in [2.24, 2.45) is 5.92 Å². The van der Waals surface area contributed by atoms with Gasteiger partial charge in [0.05, 0.1) is 11.6 Å². The van der Waals surface area contributed by atoms with Gasteiger partial charge in [0.1, 0.15) is 4.33 Å². The maximum atomic E-state index is 12.0. The van der Waals surface area contributed by atoms with Gasteiger partial charge in [-0.1, -0.05) is 17.8 Å². The fraction of sp³-hybridized carbons (Fsp3) is 0.333. The van der Waals surface area contributed by atoms with E-state index in [-0.39, 0.29) is 11.8 Å². The Bertz CT molecular complexity index is 690. The number of rotatable bonds is 4. The summed E-state index contributed by atoms with van der Waals surface area (Å²) in [6.07, 6.45) is 2.37. The molecular formula is C12H11Cl2N5OS. The Labute approximate surface area is 135 Å². The number of aromatic nitrogens is 4. The molecule has 1 fully saturated rings. The zero-order valence-corrected chi connectivity index (χ0v) is 13.3. The molecule has 9 heteroatoms.